The molecule has 0 unspecified atom stereocenters. The third-order valence-corrected chi connectivity index (χ3v) is 11.2. The molecule has 4 fully saturated rings. The van der Waals surface area contributed by atoms with Crippen molar-refractivity contribution in [1.82, 2.24) is 0 Å². The SMILES string of the molecule is C[C@@H]1C[C@]23OC(=O)C4=C2O[C@H]1[C@H](O)[C@H]3/C=C\[C@@H](O)[C@@H](C)C[C@@H](C)C41SCCS1. The summed E-state index contributed by atoms with van der Waals surface area (Å²) in [5.41, 5.74) is -0.265. The van der Waals surface area contributed by atoms with E-state index in [1.165, 1.54) is 0 Å². The van der Waals surface area contributed by atoms with Crippen LogP contribution in [0.25, 0.3) is 0 Å². The van der Waals surface area contributed by atoms with Gasteiger partial charge in [0.2, 0.25) is 0 Å². The Labute approximate surface area is 174 Å². The van der Waals surface area contributed by atoms with E-state index in [2.05, 4.69) is 13.8 Å². The van der Waals surface area contributed by atoms with Crippen LogP contribution in [0.4, 0.5) is 0 Å². The molecule has 28 heavy (non-hydrogen) atoms. The monoisotopic (exact) mass is 424 g/mol. The number of carbonyl (C=O) groups is 1. The summed E-state index contributed by atoms with van der Waals surface area (Å²) in [6.07, 6.45) is 3.43. The summed E-state index contributed by atoms with van der Waals surface area (Å²) < 4.78 is 12.1. The Balaban J connectivity index is 1.75. The molecule has 6 rings (SSSR count). The maximum absolute atomic E-state index is 13.3. The Kier molecular flexibility index (Phi) is 4.44. The van der Waals surface area contributed by atoms with Gasteiger partial charge < -0.3 is 19.7 Å². The van der Waals surface area contributed by atoms with Crippen LogP contribution in [0.15, 0.2) is 23.5 Å². The number of carbonyl (C=O) groups excluding carboxylic acids is 1. The molecule has 5 nitrogen and oxygen atoms in total. The molecule has 8 atom stereocenters. The predicted molar refractivity (Wildman–Crippen MR) is 110 cm³/mol. The topological polar surface area (TPSA) is 76.0 Å². The van der Waals surface area contributed by atoms with Gasteiger partial charge in [0.05, 0.1) is 16.1 Å². The van der Waals surface area contributed by atoms with Crippen LogP contribution in [0.2, 0.25) is 0 Å². The quantitative estimate of drug-likeness (QED) is 0.457. The minimum absolute atomic E-state index is 0.0645. The lowest BCUT2D eigenvalue weighted by molar-refractivity contribution is -0.220. The molecule has 4 heterocycles. The van der Waals surface area contributed by atoms with Gasteiger partial charge in [0.25, 0.3) is 0 Å². The number of fused-ring (bicyclic) bond motifs is 2. The lowest BCUT2D eigenvalue weighted by Gasteiger charge is -2.54. The van der Waals surface area contributed by atoms with E-state index in [9.17, 15) is 15.0 Å². The second-order valence-corrected chi connectivity index (χ2v) is 12.1. The molecule has 1 saturated carbocycles. The molecule has 5 bridgehead atoms. The van der Waals surface area contributed by atoms with Gasteiger partial charge in [0, 0.05) is 17.9 Å². The third-order valence-electron chi connectivity index (χ3n) is 7.31. The minimum Gasteiger partial charge on any atom is -0.487 e. The molecule has 0 aromatic rings. The van der Waals surface area contributed by atoms with Crippen molar-refractivity contribution >= 4 is 29.5 Å². The Morgan fingerprint density at radius 3 is 2.54 bits per heavy atom. The Hall–Kier alpha value is -0.630. The fourth-order valence-corrected chi connectivity index (χ4v) is 9.41. The lowest BCUT2D eigenvalue weighted by atomic mass is 9.64. The zero-order chi connectivity index (χ0) is 19.8. The summed E-state index contributed by atoms with van der Waals surface area (Å²) in [5.74, 6) is 2.30. The highest BCUT2D eigenvalue weighted by Gasteiger charge is 2.69. The highest BCUT2D eigenvalue weighted by atomic mass is 32.2. The molecule has 2 spiro atoms. The molecule has 2 N–H and O–H groups in total. The van der Waals surface area contributed by atoms with E-state index in [1.54, 1.807) is 6.08 Å². The number of thioether (sulfide) groups is 2. The van der Waals surface area contributed by atoms with E-state index in [4.69, 9.17) is 9.47 Å². The van der Waals surface area contributed by atoms with E-state index in [0.29, 0.717) is 17.8 Å². The molecule has 7 heteroatoms. The smallest absolute Gasteiger partial charge is 0.340 e. The van der Waals surface area contributed by atoms with Gasteiger partial charge in [0.15, 0.2) is 11.4 Å². The molecular formula is C21H28O5S2. The highest BCUT2D eigenvalue weighted by molar-refractivity contribution is 8.21. The van der Waals surface area contributed by atoms with Crippen LogP contribution in [-0.4, -0.2) is 55.7 Å². The average Bonchev–Trinajstić information content (AvgIpc) is 3.22. The van der Waals surface area contributed by atoms with E-state index in [1.807, 2.05) is 36.5 Å². The van der Waals surface area contributed by atoms with E-state index in [-0.39, 0.29) is 35.7 Å². The largest absolute Gasteiger partial charge is 0.487 e. The van der Waals surface area contributed by atoms with Crippen LogP contribution in [0.5, 0.6) is 0 Å². The number of aliphatic hydroxyl groups is 2. The van der Waals surface area contributed by atoms with Gasteiger partial charge in [-0.15, -0.1) is 23.5 Å². The first kappa shape index (κ1) is 19.3. The van der Waals surface area contributed by atoms with Crippen LogP contribution in [0.1, 0.15) is 33.6 Å². The van der Waals surface area contributed by atoms with Gasteiger partial charge in [-0.2, -0.15) is 0 Å². The average molecular weight is 425 g/mol. The van der Waals surface area contributed by atoms with Gasteiger partial charge in [-0.05, 0) is 24.2 Å². The normalized spacial score (nSPS) is 50.3. The van der Waals surface area contributed by atoms with Crippen LogP contribution in [0, 0.1) is 23.7 Å². The molecule has 6 aliphatic rings. The molecular weight excluding hydrogens is 396 g/mol. The van der Waals surface area contributed by atoms with E-state index >= 15 is 0 Å². The molecule has 0 amide bonds. The van der Waals surface area contributed by atoms with Crippen LogP contribution < -0.4 is 0 Å². The summed E-state index contributed by atoms with van der Waals surface area (Å²) >= 11 is 3.63. The summed E-state index contributed by atoms with van der Waals surface area (Å²) in [4.78, 5) is 13.3. The summed E-state index contributed by atoms with van der Waals surface area (Å²) in [7, 11) is 0. The number of aliphatic hydroxyl groups excluding tert-OH is 2. The highest BCUT2D eigenvalue weighted by Crippen LogP contribution is 2.64. The van der Waals surface area contributed by atoms with Crippen molar-refractivity contribution in [2.75, 3.05) is 11.5 Å². The van der Waals surface area contributed by atoms with E-state index < -0.39 is 21.9 Å². The van der Waals surface area contributed by atoms with Gasteiger partial charge in [-0.25, -0.2) is 4.79 Å². The molecule has 3 saturated heterocycles. The predicted octanol–water partition coefficient (Wildman–Crippen LogP) is 2.72. The van der Waals surface area contributed by atoms with Gasteiger partial charge in [-0.3, -0.25) is 0 Å². The van der Waals surface area contributed by atoms with Crippen molar-refractivity contribution in [3.63, 3.8) is 0 Å². The number of hydrogen-bond acceptors (Lipinski definition) is 7. The van der Waals surface area contributed by atoms with Gasteiger partial charge >= 0.3 is 5.97 Å². The Morgan fingerprint density at radius 1 is 1.11 bits per heavy atom. The van der Waals surface area contributed by atoms with Crippen molar-refractivity contribution in [2.45, 2.75) is 61.6 Å². The Bertz CT molecular complexity index is 758. The lowest BCUT2D eigenvalue weighted by Crippen LogP contribution is -2.63. The summed E-state index contributed by atoms with van der Waals surface area (Å²) in [6.45, 7) is 6.28. The number of hydrogen-bond donors (Lipinski definition) is 2. The van der Waals surface area contributed by atoms with Gasteiger partial charge in [0.1, 0.15) is 17.8 Å². The van der Waals surface area contributed by atoms with Crippen LogP contribution in [0.3, 0.4) is 0 Å². The molecule has 0 aromatic carbocycles. The van der Waals surface area contributed by atoms with Crippen molar-refractivity contribution in [3.05, 3.63) is 23.5 Å². The zero-order valence-corrected chi connectivity index (χ0v) is 18.1. The number of rotatable bonds is 0. The van der Waals surface area contributed by atoms with Gasteiger partial charge in [-0.1, -0.05) is 32.9 Å². The number of esters is 1. The second kappa shape index (κ2) is 6.43. The first-order valence-corrected chi connectivity index (χ1v) is 12.2. The minimum atomic E-state index is -0.944. The van der Waals surface area contributed by atoms with Crippen LogP contribution >= 0.6 is 23.5 Å². The summed E-state index contributed by atoms with van der Waals surface area (Å²) in [6, 6.07) is 0. The van der Waals surface area contributed by atoms with Crippen molar-refractivity contribution < 1.29 is 24.5 Å². The maximum atomic E-state index is 13.3. The van der Waals surface area contributed by atoms with Crippen molar-refractivity contribution in [3.8, 4) is 0 Å². The zero-order valence-electron chi connectivity index (χ0n) is 16.5. The molecule has 0 radical (unpaired) electrons. The fraction of sp³-hybridized carbons (Fsp3) is 0.762. The first-order valence-electron chi connectivity index (χ1n) is 10.3. The Morgan fingerprint density at radius 2 is 1.82 bits per heavy atom. The van der Waals surface area contributed by atoms with Crippen molar-refractivity contribution in [1.29, 1.82) is 0 Å². The molecule has 154 valence electrons. The molecule has 0 aromatic heterocycles. The fourth-order valence-electron chi connectivity index (χ4n) is 5.90. The number of ether oxygens (including phenoxy) is 2. The standard InChI is InChI=1S/C21H28O5S2/c1-10-8-12(3)21(27-6-7-28-21)15-18-20(26-19(15)24)9-11(2)17(25-18)16(23)13(20)4-5-14(10)22/h4-5,10-14,16-17,22-23H,6-9H2,1-3H3/b5-4-/t10-,11+,12+,13+,14+,16+,17+,20+/m0/s1. The second-order valence-electron chi connectivity index (χ2n) is 9.12. The van der Waals surface area contributed by atoms with Crippen molar-refractivity contribution in [2.24, 2.45) is 23.7 Å². The van der Waals surface area contributed by atoms with E-state index in [0.717, 1.165) is 17.9 Å². The maximum Gasteiger partial charge on any atom is 0.340 e. The first-order chi connectivity index (χ1) is 13.3. The summed E-state index contributed by atoms with van der Waals surface area (Å²) in [5, 5.41) is 21.7. The third kappa shape index (κ3) is 2.39. The molecule has 2 aliphatic carbocycles. The molecule has 4 aliphatic heterocycles. The van der Waals surface area contributed by atoms with Crippen LogP contribution in [-0.2, 0) is 14.3 Å².